The van der Waals surface area contributed by atoms with Crippen molar-refractivity contribution in [3.63, 3.8) is 0 Å². The fourth-order valence-corrected chi connectivity index (χ4v) is 0.492. The fraction of sp³-hybridized carbons (Fsp3) is 0.300. The molecule has 18 heavy (non-hydrogen) atoms. The number of carboxylic acid groups (broad SMARTS) is 2. The van der Waals surface area contributed by atoms with Crippen LogP contribution in [0.4, 0.5) is 9.59 Å². The van der Waals surface area contributed by atoms with Gasteiger partial charge in [0.1, 0.15) is 0 Å². The third kappa shape index (κ3) is 16.1. The van der Waals surface area contributed by atoms with Gasteiger partial charge in [-0.1, -0.05) is 6.07 Å². The van der Waals surface area contributed by atoms with Crippen LogP contribution in [0.3, 0.4) is 0 Å². The monoisotopic (exact) mass is 259 g/mol. The van der Waals surface area contributed by atoms with Gasteiger partial charge in [-0.25, -0.2) is 9.59 Å². The van der Waals surface area contributed by atoms with E-state index >= 15 is 0 Å². The molecule has 0 saturated carbocycles. The van der Waals surface area contributed by atoms with E-state index in [1.165, 1.54) is 14.1 Å². The molecule has 1 rings (SSSR count). The van der Waals surface area contributed by atoms with Gasteiger partial charge in [0.05, 0.1) is 12.3 Å². The lowest BCUT2D eigenvalue weighted by Crippen LogP contribution is -2.13. The summed E-state index contributed by atoms with van der Waals surface area (Å²) in [6, 6.07) is 5.44. The number of nitrogens with zero attached hydrogens (tertiary/aromatic N) is 1. The van der Waals surface area contributed by atoms with E-state index in [1.54, 1.807) is 12.3 Å². The van der Waals surface area contributed by atoms with E-state index in [0.717, 1.165) is 0 Å². The number of rotatable bonds is 1. The maximum Gasteiger partial charge on any atom is 0.404 e. The first kappa shape index (κ1) is 18.0. The Labute approximate surface area is 104 Å². The van der Waals surface area contributed by atoms with Crippen LogP contribution in [0.5, 0.6) is 0 Å². The zero-order valence-electron chi connectivity index (χ0n) is 10.1. The second kappa shape index (κ2) is 12.7. The number of aromatic nitrogens is 1. The van der Waals surface area contributed by atoms with Crippen molar-refractivity contribution in [2.24, 2.45) is 0 Å². The van der Waals surface area contributed by atoms with Crippen molar-refractivity contribution in [1.82, 2.24) is 15.6 Å². The molecular formula is C10H17N3O5. The van der Waals surface area contributed by atoms with Crippen LogP contribution >= 0.6 is 0 Å². The lowest BCUT2D eigenvalue weighted by molar-refractivity contribution is 0.196. The van der Waals surface area contributed by atoms with Gasteiger partial charge in [0.25, 0.3) is 0 Å². The Balaban J connectivity index is 0. The van der Waals surface area contributed by atoms with Gasteiger partial charge in [-0.2, -0.15) is 0 Å². The van der Waals surface area contributed by atoms with Crippen LogP contribution in [0.25, 0.3) is 0 Å². The van der Waals surface area contributed by atoms with Crippen molar-refractivity contribution >= 4 is 12.2 Å². The molecule has 2 amide bonds. The number of aliphatic hydroxyl groups is 1. The number of aliphatic hydroxyl groups excluding tert-OH is 1. The predicted octanol–water partition coefficient (Wildman–Crippen LogP) is 0.342. The number of carbonyl (C=O) groups is 2. The van der Waals surface area contributed by atoms with Crippen molar-refractivity contribution in [3.05, 3.63) is 30.1 Å². The second-order valence-electron chi connectivity index (χ2n) is 2.59. The Morgan fingerprint density at radius 1 is 1.17 bits per heavy atom. The van der Waals surface area contributed by atoms with Crippen LogP contribution in [0.1, 0.15) is 5.69 Å². The minimum Gasteiger partial charge on any atom is -0.465 e. The maximum atomic E-state index is 9.26. The summed E-state index contributed by atoms with van der Waals surface area (Å²) in [6.07, 6.45) is -0.332. The Morgan fingerprint density at radius 3 is 1.78 bits per heavy atom. The van der Waals surface area contributed by atoms with Crippen LogP contribution in [0, 0.1) is 0 Å². The SMILES string of the molecule is CNC(=O)O.CNC(=O)O.OCc1ccccn1. The normalized spacial score (nSPS) is 7.72. The number of hydrogen-bond donors (Lipinski definition) is 5. The van der Waals surface area contributed by atoms with E-state index in [1.807, 2.05) is 22.8 Å². The van der Waals surface area contributed by atoms with Crippen LogP contribution in [-0.2, 0) is 6.61 Å². The zero-order chi connectivity index (χ0) is 14.4. The lowest BCUT2D eigenvalue weighted by Gasteiger charge is -1.88. The number of pyridine rings is 1. The van der Waals surface area contributed by atoms with Crippen LogP contribution in [-0.4, -0.2) is 46.6 Å². The summed E-state index contributed by atoms with van der Waals surface area (Å²) >= 11 is 0. The largest absolute Gasteiger partial charge is 0.465 e. The molecule has 0 unspecified atom stereocenters. The molecule has 1 aromatic rings. The molecule has 5 N–H and O–H groups in total. The molecular weight excluding hydrogens is 242 g/mol. The average molecular weight is 259 g/mol. The Hall–Kier alpha value is -2.35. The van der Waals surface area contributed by atoms with E-state index in [-0.39, 0.29) is 6.61 Å². The average Bonchev–Trinajstić information content (AvgIpc) is 2.41. The molecule has 0 aromatic carbocycles. The molecule has 0 radical (unpaired) electrons. The van der Waals surface area contributed by atoms with E-state index in [4.69, 9.17) is 15.3 Å². The third-order valence-corrected chi connectivity index (χ3v) is 1.32. The molecule has 0 bridgehead atoms. The van der Waals surface area contributed by atoms with Gasteiger partial charge in [0.15, 0.2) is 0 Å². The van der Waals surface area contributed by atoms with Gasteiger partial charge in [-0.05, 0) is 12.1 Å². The summed E-state index contributed by atoms with van der Waals surface area (Å²) in [5.41, 5.74) is 0.715. The number of amides is 2. The standard InChI is InChI=1S/C6H7NO.2C2H5NO2/c8-5-6-3-1-2-4-7-6;2*1-3-2(4)5/h1-4,8H,5H2;2*3H,1H3,(H,4,5). The van der Waals surface area contributed by atoms with Crippen molar-refractivity contribution in [2.45, 2.75) is 6.61 Å². The van der Waals surface area contributed by atoms with E-state index in [9.17, 15) is 9.59 Å². The maximum absolute atomic E-state index is 9.26. The highest BCUT2D eigenvalue weighted by Crippen LogP contribution is 1.89. The van der Waals surface area contributed by atoms with Crippen molar-refractivity contribution < 1.29 is 24.9 Å². The lowest BCUT2D eigenvalue weighted by atomic mass is 10.4. The van der Waals surface area contributed by atoms with Crippen LogP contribution in [0.15, 0.2) is 24.4 Å². The van der Waals surface area contributed by atoms with E-state index in [0.29, 0.717) is 5.69 Å². The van der Waals surface area contributed by atoms with E-state index in [2.05, 4.69) is 4.98 Å². The topological polar surface area (TPSA) is 132 Å². The van der Waals surface area contributed by atoms with Crippen molar-refractivity contribution in [2.75, 3.05) is 14.1 Å². The fourth-order valence-electron chi connectivity index (χ4n) is 0.492. The summed E-state index contributed by atoms with van der Waals surface area (Å²) in [5.74, 6) is 0. The first-order valence-electron chi connectivity index (χ1n) is 4.80. The van der Waals surface area contributed by atoms with Gasteiger partial charge < -0.3 is 26.0 Å². The molecule has 102 valence electrons. The summed E-state index contributed by atoms with van der Waals surface area (Å²) in [7, 11) is 2.70. The molecule has 1 aromatic heterocycles. The number of hydrogen-bond acceptors (Lipinski definition) is 4. The molecule has 0 atom stereocenters. The summed E-state index contributed by atoms with van der Waals surface area (Å²) in [4.78, 5) is 22.4. The summed E-state index contributed by atoms with van der Waals surface area (Å²) < 4.78 is 0. The highest BCUT2D eigenvalue weighted by molar-refractivity contribution is 5.63. The first-order valence-corrected chi connectivity index (χ1v) is 4.80. The van der Waals surface area contributed by atoms with E-state index < -0.39 is 12.2 Å². The summed E-state index contributed by atoms with van der Waals surface area (Å²) in [5, 5.41) is 27.6. The molecule has 0 saturated heterocycles. The molecule has 1 heterocycles. The summed E-state index contributed by atoms with van der Waals surface area (Å²) in [6.45, 7) is 0.0286. The molecule has 0 spiro atoms. The predicted molar refractivity (Wildman–Crippen MR) is 64.3 cm³/mol. The second-order valence-corrected chi connectivity index (χ2v) is 2.59. The van der Waals surface area contributed by atoms with Crippen LogP contribution < -0.4 is 10.6 Å². The van der Waals surface area contributed by atoms with Gasteiger partial charge in [0.2, 0.25) is 0 Å². The molecule has 8 heteroatoms. The Bertz CT molecular complexity index is 318. The molecule has 0 aliphatic rings. The Morgan fingerprint density at radius 2 is 1.61 bits per heavy atom. The highest BCUT2D eigenvalue weighted by atomic mass is 16.4. The third-order valence-electron chi connectivity index (χ3n) is 1.32. The number of nitrogens with one attached hydrogen (secondary N) is 2. The minimum atomic E-state index is -0.995. The molecule has 0 aliphatic carbocycles. The molecule has 0 aliphatic heterocycles. The molecule has 8 nitrogen and oxygen atoms in total. The quantitative estimate of drug-likeness (QED) is 0.494. The first-order chi connectivity index (χ1) is 8.47. The zero-order valence-corrected chi connectivity index (χ0v) is 10.1. The van der Waals surface area contributed by atoms with Gasteiger partial charge in [-0.3, -0.25) is 4.98 Å². The highest BCUT2D eigenvalue weighted by Gasteiger charge is 1.83. The Kier molecular flexibility index (Phi) is 12.7. The van der Waals surface area contributed by atoms with Crippen LogP contribution in [0.2, 0.25) is 0 Å². The molecule has 0 fully saturated rings. The van der Waals surface area contributed by atoms with Gasteiger partial charge >= 0.3 is 12.2 Å². The smallest absolute Gasteiger partial charge is 0.404 e. The van der Waals surface area contributed by atoms with Crippen molar-refractivity contribution in [1.29, 1.82) is 0 Å². The van der Waals surface area contributed by atoms with Gasteiger partial charge in [-0.15, -0.1) is 0 Å². The minimum absolute atomic E-state index is 0.0286. The van der Waals surface area contributed by atoms with Gasteiger partial charge in [0, 0.05) is 20.3 Å². The van der Waals surface area contributed by atoms with Crippen molar-refractivity contribution in [3.8, 4) is 0 Å².